The van der Waals surface area contributed by atoms with Crippen LogP contribution in [0.5, 0.6) is 0 Å². The van der Waals surface area contributed by atoms with Crippen molar-refractivity contribution in [1.29, 1.82) is 0 Å². The fraction of sp³-hybridized carbons (Fsp3) is 0.0714. The highest BCUT2D eigenvalue weighted by molar-refractivity contribution is 7.92. The van der Waals surface area contributed by atoms with Gasteiger partial charge < -0.3 is 9.90 Å². The number of carboxylic acids is 1. The molecule has 7 heteroatoms. The minimum atomic E-state index is -3.91. The molecule has 2 aromatic rings. The van der Waals surface area contributed by atoms with Gasteiger partial charge in [-0.15, -0.1) is 0 Å². The second kappa shape index (κ2) is 5.75. The van der Waals surface area contributed by atoms with E-state index in [4.69, 9.17) is 11.6 Å². The smallest absolute Gasteiger partial charge is 0.261 e. The van der Waals surface area contributed by atoms with Gasteiger partial charge in [-0.1, -0.05) is 29.8 Å². The molecule has 0 saturated carbocycles. The van der Waals surface area contributed by atoms with Gasteiger partial charge in [0.25, 0.3) is 10.0 Å². The molecule has 0 aliphatic rings. The fourth-order valence-corrected chi connectivity index (χ4v) is 3.02. The van der Waals surface area contributed by atoms with Crippen LogP contribution in [0.15, 0.2) is 47.4 Å². The zero-order chi connectivity index (χ0) is 15.6. The Kier molecular flexibility index (Phi) is 4.20. The number of halogens is 1. The van der Waals surface area contributed by atoms with Crippen LogP contribution in [0.4, 0.5) is 5.69 Å². The van der Waals surface area contributed by atoms with Gasteiger partial charge in [-0.2, -0.15) is 0 Å². The number of nitrogens with one attached hydrogen (secondary N) is 1. The molecule has 21 heavy (non-hydrogen) atoms. The number of sulfonamides is 1. The molecule has 0 bridgehead atoms. The molecule has 0 unspecified atom stereocenters. The number of carbonyl (C=O) groups is 1. The summed E-state index contributed by atoms with van der Waals surface area (Å²) in [5.74, 6) is -1.46. The van der Waals surface area contributed by atoms with Gasteiger partial charge >= 0.3 is 0 Å². The number of anilines is 1. The molecule has 0 saturated heterocycles. The Balaban J connectivity index is 2.42. The maximum absolute atomic E-state index is 12.3. The van der Waals surface area contributed by atoms with E-state index in [2.05, 4.69) is 4.72 Å². The Labute approximate surface area is 127 Å². The summed E-state index contributed by atoms with van der Waals surface area (Å²) in [6.45, 7) is 1.68. The highest BCUT2D eigenvalue weighted by Crippen LogP contribution is 2.23. The van der Waals surface area contributed by atoms with Crippen molar-refractivity contribution < 1.29 is 18.3 Å². The van der Waals surface area contributed by atoms with E-state index in [0.717, 1.165) is 0 Å². The average Bonchev–Trinajstić information content (AvgIpc) is 2.41. The van der Waals surface area contributed by atoms with Crippen molar-refractivity contribution in [3.63, 3.8) is 0 Å². The van der Waals surface area contributed by atoms with Crippen LogP contribution in [-0.4, -0.2) is 14.4 Å². The molecular weight excluding hydrogens is 314 g/mol. The van der Waals surface area contributed by atoms with E-state index in [-0.39, 0.29) is 16.1 Å². The summed E-state index contributed by atoms with van der Waals surface area (Å²) in [5, 5.41) is 11.4. The first-order valence-corrected chi connectivity index (χ1v) is 7.77. The fourth-order valence-electron chi connectivity index (χ4n) is 1.74. The Morgan fingerprint density at radius 2 is 1.86 bits per heavy atom. The van der Waals surface area contributed by atoms with Crippen molar-refractivity contribution in [3.8, 4) is 0 Å². The third-order valence-electron chi connectivity index (χ3n) is 2.83. The molecule has 0 aliphatic heterocycles. The van der Waals surface area contributed by atoms with Crippen LogP contribution >= 0.6 is 11.6 Å². The molecule has 0 heterocycles. The lowest BCUT2D eigenvalue weighted by atomic mass is 10.2. The molecule has 1 N–H and O–H groups in total. The summed E-state index contributed by atoms with van der Waals surface area (Å²) in [7, 11) is -3.91. The van der Waals surface area contributed by atoms with Gasteiger partial charge in [-0.05, 0) is 36.8 Å². The molecule has 0 aromatic heterocycles. The molecule has 110 valence electrons. The molecule has 0 atom stereocenters. The zero-order valence-electron chi connectivity index (χ0n) is 11.0. The van der Waals surface area contributed by atoms with Crippen molar-refractivity contribution in [2.45, 2.75) is 11.8 Å². The molecule has 2 aromatic carbocycles. The molecule has 2 rings (SSSR count). The van der Waals surface area contributed by atoms with Crippen molar-refractivity contribution in [3.05, 3.63) is 58.6 Å². The second-order valence-corrected chi connectivity index (χ2v) is 6.44. The predicted molar refractivity (Wildman–Crippen MR) is 77.8 cm³/mol. The molecule has 0 aliphatic carbocycles. The topological polar surface area (TPSA) is 86.3 Å². The average molecular weight is 325 g/mol. The van der Waals surface area contributed by atoms with E-state index < -0.39 is 16.0 Å². The predicted octanol–water partition coefficient (Wildman–Crippen LogP) is 1.81. The zero-order valence-corrected chi connectivity index (χ0v) is 12.5. The van der Waals surface area contributed by atoms with E-state index in [1.807, 2.05) is 0 Å². The summed E-state index contributed by atoms with van der Waals surface area (Å²) in [5.41, 5.74) is 0.324. The Hall–Kier alpha value is -2.05. The Morgan fingerprint density at radius 1 is 1.19 bits per heavy atom. The van der Waals surface area contributed by atoms with Gasteiger partial charge in [0.2, 0.25) is 0 Å². The summed E-state index contributed by atoms with van der Waals surface area (Å²) in [4.78, 5) is 11.0. The SMILES string of the molecule is Cc1cc(S(=O)(=O)Nc2ccccc2C(=O)[O-])ccc1Cl. The molecule has 0 radical (unpaired) electrons. The normalized spacial score (nSPS) is 11.1. The Morgan fingerprint density at radius 3 is 2.48 bits per heavy atom. The van der Waals surface area contributed by atoms with Crippen LogP contribution in [0.25, 0.3) is 0 Å². The van der Waals surface area contributed by atoms with E-state index in [1.165, 1.54) is 42.5 Å². The monoisotopic (exact) mass is 324 g/mol. The number of hydrogen-bond acceptors (Lipinski definition) is 4. The number of carboxylic acid groups (broad SMARTS) is 1. The largest absolute Gasteiger partial charge is 0.545 e. The standard InChI is InChI=1S/C14H12ClNO4S/c1-9-8-10(6-7-12(9)15)21(19,20)16-13-5-3-2-4-11(13)14(17)18/h2-8,16H,1H3,(H,17,18)/p-1. The van der Waals surface area contributed by atoms with E-state index in [1.54, 1.807) is 6.92 Å². The van der Waals surface area contributed by atoms with Gasteiger partial charge in [-0.3, -0.25) is 4.72 Å². The van der Waals surface area contributed by atoms with E-state index in [0.29, 0.717) is 10.6 Å². The molecule has 0 spiro atoms. The first kappa shape index (κ1) is 15.3. The summed E-state index contributed by atoms with van der Waals surface area (Å²) in [6, 6.07) is 9.85. The first-order chi connectivity index (χ1) is 9.81. The van der Waals surface area contributed by atoms with Crippen molar-refractivity contribution in [2.24, 2.45) is 0 Å². The number of aromatic carboxylic acids is 1. The van der Waals surface area contributed by atoms with Gasteiger partial charge in [-0.25, -0.2) is 8.42 Å². The quantitative estimate of drug-likeness (QED) is 0.929. The minimum absolute atomic E-state index is 0.00227. The summed E-state index contributed by atoms with van der Waals surface area (Å²) >= 11 is 5.86. The molecule has 0 fully saturated rings. The highest BCUT2D eigenvalue weighted by Gasteiger charge is 2.17. The maximum Gasteiger partial charge on any atom is 0.261 e. The lowest BCUT2D eigenvalue weighted by Gasteiger charge is -2.13. The highest BCUT2D eigenvalue weighted by atomic mass is 35.5. The molecular formula is C14H11ClNO4S-. The second-order valence-electron chi connectivity index (χ2n) is 4.35. The summed E-state index contributed by atoms with van der Waals surface area (Å²) < 4.78 is 26.8. The molecule has 5 nitrogen and oxygen atoms in total. The lowest BCUT2D eigenvalue weighted by Crippen LogP contribution is -2.24. The van der Waals surface area contributed by atoms with Gasteiger partial charge in [0.1, 0.15) is 0 Å². The number of para-hydroxylation sites is 1. The van der Waals surface area contributed by atoms with E-state index >= 15 is 0 Å². The van der Waals surface area contributed by atoms with Gasteiger partial charge in [0.15, 0.2) is 0 Å². The van der Waals surface area contributed by atoms with Crippen LogP contribution in [-0.2, 0) is 10.0 Å². The lowest BCUT2D eigenvalue weighted by molar-refractivity contribution is -0.254. The number of carbonyl (C=O) groups excluding carboxylic acids is 1. The molecule has 0 amide bonds. The maximum atomic E-state index is 12.3. The van der Waals surface area contributed by atoms with Crippen LogP contribution in [0.1, 0.15) is 15.9 Å². The van der Waals surface area contributed by atoms with E-state index in [9.17, 15) is 18.3 Å². The number of benzene rings is 2. The summed E-state index contributed by atoms with van der Waals surface area (Å²) in [6.07, 6.45) is 0. The van der Waals surface area contributed by atoms with Crippen LogP contribution < -0.4 is 9.83 Å². The van der Waals surface area contributed by atoms with Crippen molar-refractivity contribution >= 4 is 33.3 Å². The number of hydrogen-bond donors (Lipinski definition) is 1. The Bertz CT molecular complexity index is 802. The minimum Gasteiger partial charge on any atom is -0.545 e. The number of rotatable bonds is 4. The van der Waals surface area contributed by atoms with Gasteiger partial charge in [0.05, 0.1) is 16.6 Å². The third kappa shape index (κ3) is 3.34. The van der Waals surface area contributed by atoms with Crippen molar-refractivity contribution in [1.82, 2.24) is 0 Å². The third-order valence-corrected chi connectivity index (χ3v) is 4.62. The van der Waals surface area contributed by atoms with Crippen molar-refractivity contribution in [2.75, 3.05) is 4.72 Å². The number of aryl methyl sites for hydroxylation is 1. The van der Waals surface area contributed by atoms with Crippen LogP contribution in [0, 0.1) is 6.92 Å². The van der Waals surface area contributed by atoms with Gasteiger partial charge in [0, 0.05) is 10.6 Å². The first-order valence-electron chi connectivity index (χ1n) is 5.90. The van der Waals surface area contributed by atoms with Crippen LogP contribution in [0.2, 0.25) is 5.02 Å². The van der Waals surface area contributed by atoms with Crippen LogP contribution in [0.3, 0.4) is 0 Å².